The summed E-state index contributed by atoms with van der Waals surface area (Å²) in [6, 6.07) is 9.01. The normalized spacial score (nSPS) is 19.9. The van der Waals surface area contributed by atoms with Crippen LogP contribution in [0.25, 0.3) is 11.0 Å². The standard InChI is InChI=1S/C17H24N2O3S/c1-3-9-18(2)12-14-8-10-19(13-14)23(20,21)17-11-15-6-4-5-7-16(15)22-17/h4-7,11,14H,3,8-10,12-13H2,1-2H3/t14-/m1/s1. The van der Waals surface area contributed by atoms with Crippen molar-refractivity contribution in [3.63, 3.8) is 0 Å². The predicted octanol–water partition coefficient (Wildman–Crippen LogP) is 2.79. The molecule has 0 spiro atoms. The fraction of sp³-hybridized carbons (Fsp3) is 0.529. The van der Waals surface area contributed by atoms with Gasteiger partial charge >= 0.3 is 0 Å². The van der Waals surface area contributed by atoms with E-state index in [0.717, 1.165) is 31.3 Å². The minimum absolute atomic E-state index is 0.0567. The van der Waals surface area contributed by atoms with E-state index in [-0.39, 0.29) is 5.09 Å². The maximum Gasteiger partial charge on any atom is 0.276 e. The van der Waals surface area contributed by atoms with E-state index in [1.807, 2.05) is 18.2 Å². The largest absolute Gasteiger partial charge is 0.443 e. The molecule has 23 heavy (non-hydrogen) atoms. The van der Waals surface area contributed by atoms with Crippen LogP contribution in [-0.4, -0.2) is 50.8 Å². The van der Waals surface area contributed by atoms with Crippen LogP contribution >= 0.6 is 0 Å². The minimum atomic E-state index is -3.53. The summed E-state index contributed by atoms with van der Waals surface area (Å²) in [4.78, 5) is 2.28. The van der Waals surface area contributed by atoms with Gasteiger partial charge in [0.1, 0.15) is 5.58 Å². The predicted molar refractivity (Wildman–Crippen MR) is 90.9 cm³/mol. The van der Waals surface area contributed by atoms with Crippen LogP contribution in [0.5, 0.6) is 0 Å². The quantitative estimate of drug-likeness (QED) is 0.814. The Morgan fingerprint density at radius 1 is 1.35 bits per heavy atom. The first kappa shape index (κ1) is 16.5. The van der Waals surface area contributed by atoms with E-state index in [1.165, 1.54) is 0 Å². The average Bonchev–Trinajstić information content (AvgIpc) is 3.14. The summed E-state index contributed by atoms with van der Waals surface area (Å²) in [6.45, 7) is 5.30. The van der Waals surface area contributed by atoms with Gasteiger partial charge in [-0.25, -0.2) is 8.42 Å². The van der Waals surface area contributed by atoms with Gasteiger partial charge in [0.2, 0.25) is 5.09 Å². The van der Waals surface area contributed by atoms with E-state index in [1.54, 1.807) is 16.4 Å². The fourth-order valence-corrected chi connectivity index (χ4v) is 4.77. The number of hydrogen-bond donors (Lipinski definition) is 0. The monoisotopic (exact) mass is 336 g/mol. The zero-order chi connectivity index (χ0) is 16.4. The molecule has 1 saturated heterocycles. The summed E-state index contributed by atoms with van der Waals surface area (Å²) in [6.07, 6.45) is 2.03. The number of hydrogen-bond acceptors (Lipinski definition) is 4. The Balaban J connectivity index is 1.73. The summed E-state index contributed by atoms with van der Waals surface area (Å²) in [5.74, 6) is 0.394. The van der Waals surface area contributed by atoms with Gasteiger partial charge in [0.25, 0.3) is 10.0 Å². The second kappa shape index (κ2) is 6.63. The lowest BCUT2D eigenvalue weighted by atomic mass is 10.1. The van der Waals surface area contributed by atoms with Gasteiger partial charge in [0.15, 0.2) is 0 Å². The van der Waals surface area contributed by atoms with Crippen molar-refractivity contribution in [3.8, 4) is 0 Å². The van der Waals surface area contributed by atoms with Crippen molar-refractivity contribution in [2.24, 2.45) is 5.92 Å². The number of fused-ring (bicyclic) bond motifs is 1. The van der Waals surface area contributed by atoms with Crippen LogP contribution in [0.1, 0.15) is 19.8 Å². The highest BCUT2D eigenvalue weighted by atomic mass is 32.2. The van der Waals surface area contributed by atoms with Gasteiger partial charge in [-0.2, -0.15) is 4.31 Å². The number of para-hydroxylation sites is 1. The number of nitrogens with zero attached hydrogens (tertiary/aromatic N) is 2. The Hall–Kier alpha value is -1.37. The SMILES string of the molecule is CCCN(C)C[C@H]1CCN(S(=O)(=O)c2cc3ccccc3o2)C1. The summed E-state index contributed by atoms with van der Waals surface area (Å²) < 4.78 is 32.7. The third-order valence-electron chi connectivity index (χ3n) is 4.42. The zero-order valence-electron chi connectivity index (χ0n) is 13.7. The first-order chi connectivity index (χ1) is 11.0. The van der Waals surface area contributed by atoms with E-state index in [4.69, 9.17) is 4.42 Å². The van der Waals surface area contributed by atoms with Crippen LogP contribution < -0.4 is 0 Å². The molecule has 6 heteroatoms. The molecule has 1 fully saturated rings. The van der Waals surface area contributed by atoms with Crippen LogP contribution in [0.2, 0.25) is 0 Å². The number of benzene rings is 1. The molecular formula is C17H24N2O3S. The Labute approximate surface area is 137 Å². The van der Waals surface area contributed by atoms with Crippen LogP contribution in [0.3, 0.4) is 0 Å². The highest BCUT2D eigenvalue weighted by molar-refractivity contribution is 7.89. The number of furan rings is 1. The van der Waals surface area contributed by atoms with Crippen molar-refractivity contribution >= 4 is 21.0 Å². The second-order valence-corrected chi connectivity index (χ2v) is 8.25. The molecule has 3 rings (SSSR count). The lowest BCUT2D eigenvalue weighted by Gasteiger charge is -2.20. The molecular weight excluding hydrogens is 312 g/mol. The first-order valence-corrected chi connectivity index (χ1v) is 9.62. The molecule has 126 valence electrons. The molecule has 1 aromatic carbocycles. The van der Waals surface area contributed by atoms with E-state index >= 15 is 0 Å². The van der Waals surface area contributed by atoms with Crippen molar-refractivity contribution in [3.05, 3.63) is 30.3 Å². The summed E-state index contributed by atoms with van der Waals surface area (Å²) in [7, 11) is -1.44. The molecule has 2 heterocycles. The van der Waals surface area contributed by atoms with Gasteiger partial charge < -0.3 is 9.32 Å². The Bertz CT molecular complexity index is 736. The summed E-state index contributed by atoms with van der Waals surface area (Å²) >= 11 is 0. The molecule has 0 N–H and O–H groups in total. The highest BCUT2D eigenvalue weighted by Gasteiger charge is 2.34. The van der Waals surface area contributed by atoms with Crippen molar-refractivity contribution in [1.29, 1.82) is 0 Å². The maximum absolute atomic E-state index is 12.8. The molecule has 2 aromatic rings. The van der Waals surface area contributed by atoms with Crippen molar-refractivity contribution in [2.45, 2.75) is 24.9 Å². The topological polar surface area (TPSA) is 53.8 Å². The van der Waals surface area contributed by atoms with E-state index in [2.05, 4.69) is 18.9 Å². The van der Waals surface area contributed by atoms with E-state index in [9.17, 15) is 8.42 Å². The first-order valence-electron chi connectivity index (χ1n) is 8.18. The van der Waals surface area contributed by atoms with Crippen LogP contribution in [0, 0.1) is 5.92 Å². The molecule has 0 bridgehead atoms. The molecule has 0 aliphatic carbocycles. The van der Waals surface area contributed by atoms with Crippen LogP contribution in [0.4, 0.5) is 0 Å². The van der Waals surface area contributed by atoms with Gasteiger partial charge in [-0.3, -0.25) is 0 Å². The molecule has 0 saturated carbocycles. The van der Waals surface area contributed by atoms with Gasteiger partial charge in [-0.15, -0.1) is 0 Å². The third-order valence-corrected chi connectivity index (χ3v) is 6.14. The Morgan fingerprint density at radius 3 is 2.87 bits per heavy atom. The van der Waals surface area contributed by atoms with Gasteiger partial charge in [0, 0.05) is 31.1 Å². The molecule has 5 nitrogen and oxygen atoms in total. The molecule has 0 radical (unpaired) electrons. The van der Waals surface area contributed by atoms with Crippen molar-refractivity contribution in [2.75, 3.05) is 33.2 Å². The Kier molecular flexibility index (Phi) is 4.75. The van der Waals surface area contributed by atoms with Gasteiger partial charge in [-0.1, -0.05) is 25.1 Å². The molecule has 1 aliphatic rings. The number of sulfonamides is 1. The van der Waals surface area contributed by atoms with E-state index in [0.29, 0.717) is 24.6 Å². The molecule has 1 atom stereocenters. The van der Waals surface area contributed by atoms with Crippen LogP contribution in [-0.2, 0) is 10.0 Å². The van der Waals surface area contributed by atoms with Crippen molar-refractivity contribution in [1.82, 2.24) is 9.21 Å². The highest BCUT2D eigenvalue weighted by Crippen LogP contribution is 2.28. The van der Waals surface area contributed by atoms with E-state index < -0.39 is 10.0 Å². The zero-order valence-corrected chi connectivity index (χ0v) is 14.6. The Morgan fingerprint density at radius 2 is 2.13 bits per heavy atom. The molecule has 0 unspecified atom stereocenters. The van der Waals surface area contributed by atoms with Gasteiger partial charge in [0.05, 0.1) is 0 Å². The summed E-state index contributed by atoms with van der Waals surface area (Å²) in [5, 5.41) is 0.880. The molecule has 1 aliphatic heterocycles. The maximum atomic E-state index is 12.8. The number of rotatable bonds is 6. The summed E-state index contributed by atoms with van der Waals surface area (Å²) in [5.41, 5.74) is 0.615. The minimum Gasteiger partial charge on any atom is -0.443 e. The lowest BCUT2D eigenvalue weighted by Crippen LogP contribution is -2.31. The van der Waals surface area contributed by atoms with Crippen molar-refractivity contribution < 1.29 is 12.8 Å². The van der Waals surface area contributed by atoms with Crippen LogP contribution in [0.15, 0.2) is 39.8 Å². The smallest absolute Gasteiger partial charge is 0.276 e. The fourth-order valence-electron chi connectivity index (χ4n) is 3.29. The van der Waals surface area contributed by atoms with Gasteiger partial charge in [-0.05, 0) is 38.4 Å². The molecule has 1 aromatic heterocycles. The second-order valence-electron chi connectivity index (χ2n) is 6.38. The average molecular weight is 336 g/mol. The third kappa shape index (κ3) is 3.44. The molecule has 0 amide bonds. The lowest BCUT2D eigenvalue weighted by molar-refractivity contribution is 0.280.